The predicted molar refractivity (Wildman–Crippen MR) is 61.3 cm³/mol. The lowest BCUT2D eigenvalue weighted by atomic mass is 10.2. The lowest BCUT2D eigenvalue weighted by Gasteiger charge is -2.22. The summed E-state index contributed by atoms with van der Waals surface area (Å²) in [4.78, 5) is 15.3. The third-order valence-electron chi connectivity index (χ3n) is 2.91. The molecule has 3 heterocycles. The van der Waals surface area contributed by atoms with Crippen molar-refractivity contribution >= 4 is 14.1 Å². The summed E-state index contributed by atoms with van der Waals surface area (Å²) < 4.78 is 28.5. The van der Waals surface area contributed by atoms with Crippen LogP contribution < -0.4 is 11.4 Å². The average Bonchev–Trinajstić information content (AvgIpc) is 2.59. The van der Waals surface area contributed by atoms with Gasteiger partial charge in [-0.25, -0.2) is 4.79 Å². The minimum atomic E-state index is -2.51. The summed E-state index contributed by atoms with van der Waals surface area (Å²) in [7, 11) is -2.51. The molecule has 8 nitrogen and oxygen atoms in total. The van der Waals surface area contributed by atoms with Crippen molar-refractivity contribution in [3.8, 4) is 0 Å². The molecule has 2 unspecified atom stereocenters. The molecule has 0 radical (unpaired) electrons. The van der Waals surface area contributed by atoms with Crippen LogP contribution in [0, 0.1) is 0 Å². The Morgan fingerprint density at radius 2 is 2.39 bits per heavy atom. The second kappa shape index (κ2) is 4.47. The van der Waals surface area contributed by atoms with Gasteiger partial charge in [-0.2, -0.15) is 4.98 Å². The first-order chi connectivity index (χ1) is 8.63. The van der Waals surface area contributed by atoms with E-state index in [1.165, 1.54) is 16.8 Å². The molecular weight excluding hydrogens is 261 g/mol. The molecule has 0 aliphatic carbocycles. The van der Waals surface area contributed by atoms with E-state index in [1.54, 1.807) is 0 Å². The Balaban J connectivity index is 1.93. The van der Waals surface area contributed by atoms with E-state index in [2.05, 4.69) is 4.98 Å². The van der Waals surface area contributed by atoms with E-state index >= 15 is 0 Å². The SMILES string of the molecule is Nc1ccn([C@@H]2OC3CO[PH](=O)O[C@H]2C3)c(=O)n1. The van der Waals surface area contributed by atoms with Crippen LogP contribution in [0.25, 0.3) is 0 Å². The molecule has 1 aromatic heterocycles. The molecule has 0 aromatic carbocycles. The summed E-state index contributed by atoms with van der Waals surface area (Å²) in [5.74, 6) is 0.146. The molecular formula is C9H12N3O5P. The van der Waals surface area contributed by atoms with Gasteiger partial charge in [-0.05, 0) is 6.07 Å². The number of ether oxygens (including phenoxy) is 1. The lowest BCUT2D eigenvalue weighted by molar-refractivity contribution is -0.0599. The second-order valence-electron chi connectivity index (χ2n) is 4.14. The molecule has 2 bridgehead atoms. The molecule has 2 fully saturated rings. The summed E-state index contributed by atoms with van der Waals surface area (Å²) in [6.45, 7) is 0.210. The molecule has 1 aromatic rings. The third-order valence-corrected chi connectivity index (χ3v) is 3.80. The first kappa shape index (κ1) is 11.9. The van der Waals surface area contributed by atoms with Gasteiger partial charge >= 0.3 is 13.9 Å². The number of hydrogen-bond acceptors (Lipinski definition) is 7. The first-order valence-corrected chi connectivity index (χ1v) is 6.69. The summed E-state index contributed by atoms with van der Waals surface area (Å²) in [5.41, 5.74) is 4.90. The molecule has 0 spiro atoms. The zero-order chi connectivity index (χ0) is 12.7. The molecule has 18 heavy (non-hydrogen) atoms. The summed E-state index contributed by atoms with van der Waals surface area (Å²) in [6, 6.07) is 1.50. The molecule has 3 rings (SSSR count). The highest BCUT2D eigenvalue weighted by atomic mass is 31.1. The Labute approximate surface area is 103 Å². The van der Waals surface area contributed by atoms with Crippen molar-refractivity contribution in [3.05, 3.63) is 22.7 Å². The number of hydrogen-bond donors (Lipinski definition) is 1. The van der Waals surface area contributed by atoms with Crippen molar-refractivity contribution in [1.29, 1.82) is 0 Å². The van der Waals surface area contributed by atoms with E-state index in [-0.39, 0.29) is 18.5 Å². The maximum atomic E-state index is 11.7. The van der Waals surface area contributed by atoms with Gasteiger partial charge in [0.2, 0.25) is 0 Å². The Kier molecular flexibility index (Phi) is 2.95. The van der Waals surface area contributed by atoms with E-state index in [0.717, 1.165) is 0 Å². The molecule has 4 atom stereocenters. The van der Waals surface area contributed by atoms with E-state index in [9.17, 15) is 9.36 Å². The molecule has 2 aliphatic heterocycles. The fourth-order valence-corrected chi connectivity index (χ4v) is 2.96. The van der Waals surface area contributed by atoms with Crippen molar-refractivity contribution in [3.63, 3.8) is 0 Å². The number of nitrogen functional groups attached to an aromatic ring is 1. The highest BCUT2D eigenvalue weighted by Gasteiger charge is 2.41. The zero-order valence-corrected chi connectivity index (χ0v) is 10.3. The fourth-order valence-electron chi connectivity index (χ4n) is 2.11. The Morgan fingerprint density at radius 3 is 3.17 bits per heavy atom. The highest BCUT2D eigenvalue weighted by Crippen LogP contribution is 2.41. The standard InChI is InChI=1S/C9H12N3O5P/c10-7-1-2-12(9(13)11-7)8-6-3-5(16-8)4-15-18(14)17-6/h1-2,5-6,8,18H,3-4H2,(H2,10,11,13)/t5?,6-,8+/m0/s1. The average molecular weight is 273 g/mol. The van der Waals surface area contributed by atoms with E-state index in [1.807, 2.05) is 0 Å². The number of nitrogens with zero attached hydrogens (tertiary/aromatic N) is 2. The Hall–Kier alpha value is -1.21. The van der Waals surface area contributed by atoms with Crippen molar-refractivity contribution in [2.45, 2.75) is 24.9 Å². The Bertz CT molecular complexity index is 547. The monoisotopic (exact) mass is 273 g/mol. The lowest BCUT2D eigenvalue weighted by Crippen LogP contribution is -2.32. The third kappa shape index (κ3) is 2.08. The number of fused-ring (bicyclic) bond motifs is 2. The largest absolute Gasteiger partial charge is 0.383 e. The molecule has 9 heteroatoms. The van der Waals surface area contributed by atoms with E-state index in [0.29, 0.717) is 6.42 Å². The van der Waals surface area contributed by atoms with Crippen LogP contribution in [0.4, 0.5) is 5.82 Å². The summed E-state index contributed by atoms with van der Waals surface area (Å²) in [5, 5.41) is 0. The van der Waals surface area contributed by atoms with Gasteiger partial charge in [-0.3, -0.25) is 9.13 Å². The summed E-state index contributed by atoms with van der Waals surface area (Å²) in [6.07, 6.45) is 0.715. The van der Waals surface area contributed by atoms with Gasteiger partial charge in [0, 0.05) is 12.6 Å². The smallest absolute Gasteiger partial charge is 0.351 e. The topological polar surface area (TPSA) is 106 Å². The fraction of sp³-hybridized carbons (Fsp3) is 0.556. The Morgan fingerprint density at radius 1 is 1.56 bits per heavy atom. The van der Waals surface area contributed by atoms with Crippen LogP contribution in [0.3, 0.4) is 0 Å². The van der Waals surface area contributed by atoms with Gasteiger partial charge in [0.25, 0.3) is 0 Å². The highest BCUT2D eigenvalue weighted by molar-refractivity contribution is 7.33. The summed E-state index contributed by atoms with van der Waals surface area (Å²) >= 11 is 0. The molecule has 98 valence electrons. The van der Waals surface area contributed by atoms with Gasteiger partial charge in [0.1, 0.15) is 11.9 Å². The molecule has 2 N–H and O–H groups in total. The maximum Gasteiger partial charge on any atom is 0.351 e. The molecule has 0 saturated carbocycles. The van der Waals surface area contributed by atoms with Crippen LogP contribution in [-0.2, 0) is 18.3 Å². The van der Waals surface area contributed by atoms with Crippen LogP contribution in [0.5, 0.6) is 0 Å². The van der Waals surface area contributed by atoms with Gasteiger partial charge in [0.15, 0.2) is 6.23 Å². The van der Waals surface area contributed by atoms with Gasteiger partial charge in [0.05, 0.1) is 12.7 Å². The van der Waals surface area contributed by atoms with Crippen molar-refractivity contribution in [1.82, 2.24) is 9.55 Å². The molecule has 2 saturated heterocycles. The van der Waals surface area contributed by atoms with E-state index < -0.39 is 26.3 Å². The van der Waals surface area contributed by atoms with Crippen molar-refractivity contribution in [2.75, 3.05) is 12.3 Å². The minimum Gasteiger partial charge on any atom is -0.383 e. The maximum absolute atomic E-state index is 11.7. The van der Waals surface area contributed by atoms with Crippen LogP contribution >= 0.6 is 8.25 Å². The van der Waals surface area contributed by atoms with Crippen LogP contribution in [-0.4, -0.2) is 28.4 Å². The molecule has 0 amide bonds. The first-order valence-electron chi connectivity index (χ1n) is 5.47. The van der Waals surface area contributed by atoms with Crippen LogP contribution in [0.15, 0.2) is 17.1 Å². The normalized spacial score (nSPS) is 35.3. The number of rotatable bonds is 1. The van der Waals surface area contributed by atoms with Gasteiger partial charge in [-0.1, -0.05) is 0 Å². The number of aromatic nitrogens is 2. The van der Waals surface area contributed by atoms with E-state index in [4.69, 9.17) is 19.5 Å². The van der Waals surface area contributed by atoms with Gasteiger partial charge in [-0.15, -0.1) is 0 Å². The second-order valence-corrected chi connectivity index (χ2v) is 5.17. The molecule has 2 aliphatic rings. The van der Waals surface area contributed by atoms with Crippen LogP contribution in [0.2, 0.25) is 0 Å². The zero-order valence-electron chi connectivity index (χ0n) is 9.31. The van der Waals surface area contributed by atoms with Crippen molar-refractivity contribution in [2.24, 2.45) is 0 Å². The predicted octanol–water partition coefficient (Wildman–Crippen LogP) is -0.0819. The number of nitrogens with two attached hydrogens (primary N) is 1. The minimum absolute atomic E-state index is 0.146. The van der Waals surface area contributed by atoms with Crippen molar-refractivity contribution < 1.29 is 18.3 Å². The van der Waals surface area contributed by atoms with Crippen LogP contribution in [0.1, 0.15) is 12.6 Å². The van der Waals surface area contributed by atoms with Gasteiger partial charge < -0.3 is 19.5 Å². The number of anilines is 1. The quantitative estimate of drug-likeness (QED) is 0.713.